The normalized spacial score (nSPS) is 29.3. The molecule has 136 valence electrons. The molecule has 1 saturated heterocycles. The van der Waals surface area contributed by atoms with E-state index in [9.17, 15) is 23.6 Å². The molecule has 1 aliphatic rings. The van der Waals surface area contributed by atoms with Gasteiger partial charge in [0.25, 0.3) is 0 Å². The van der Waals surface area contributed by atoms with E-state index in [-0.39, 0.29) is 0 Å². The summed E-state index contributed by atoms with van der Waals surface area (Å²) in [5.41, 5.74) is 0. The van der Waals surface area contributed by atoms with Gasteiger partial charge in [-0.25, -0.2) is 4.39 Å². The first-order valence-corrected chi connectivity index (χ1v) is 7.06. The molecule has 1 fully saturated rings. The summed E-state index contributed by atoms with van der Waals surface area (Å²) < 4.78 is 38.7. The molecule has 5 atom stereocenters. The zero-order valence-corrected chi connectivity index (χ0v) is 13.6. The van der Waals surface area contributed by atoms with E-state index >= 15 is 0 Å². The van der Waals surface area contributed by atoms with Crippen LogP contribution >= 0.6 is 0 Å². The van der Waals surface area contributed by atoms with Crippen molar-refractivity contribution in [1.29, 1.82) is 0 Å². The van der Waals surface area contributed by atoms with Crippen molar-refractivity contribution < 1.29 is 47.3 Å². The van der Waals surface area contributed by atoms with Crippen molar-refractivity contribution in [2.45, 2.75) is 58.5 Å². The molecule has 0 bridgehead atoms. The van der Waals surface area contributed by atoms with Crippen LogP contribution in [0, 0.1) is 0 Å². The Morgan fingerprint density at radius 2 is 1.25 bits per heavy atom. The number of ether oxygens (including phenoxy) is 5. The van der Waals surface area contributed by atoms with Gasteiger partial charge < -0.3 is 23.7 Å². The monoisotopic (exact) mass is 350 g/mol. The van der Waals surface area contributed by atoms with Gasteiger partial charge in [0.2, 0.25) is 6.36 Å². The Morgan fingerprint density at radius 1 is 0.792 bits per heavy atom. The highest BCUT2D eigenvalue weighted by molar-refractivity contribution is 5.68. The number of esters is 4. The van der Waals surface area contributed by atoms with E-state index in [0.29, 0.717) is 0 Å². The van der Waals surface area contributed by atoms with Crippen molar-refractivity contribution in [3.05, 3.63) is 0 Å². The molecule has 0 saturated carbocycles. The molecule has 0 aromatic carbocycles. The third-order valence-electron chi connectivity index (χ3n) is 2.93. The van der Waals surface area contributed by atoms with Crippen LogP contribution in [0.2, 0.25) is 0 Å². The second kappa shape index (κ2) is 8.57. The molecule has 0 radical (unpaired) electrons. The molecule has 1 aliphatic heterocycles. The maximum absolute atomic E-state index is 14.2. The van der Waals surface area contributed by atoms with Crippen LogP contribution in [0.3, 0.4) is 0 Å². The third kappa shape index (κ3) is 5.76. The minimum atomic E-state index is -2.18. The Balaban J connectivity index is 3.11. The van der Waals surface area contributed by atoms with Crippen LogP contribution in [0.4, 0.5) is 4.39 Å². The topological polar surface area (TPSA) is 114 Å². The van der Waals surface area contributed by atoms with Crippen molar-refractivity contribution in [3.63, 3.8) is 0 Å². The lowest BCUT2D eigenvalue weighted by molar-refractivity contribution is -0.277. The Hall–Kier alpha value is -2.23. The van der Waals surface area contributed by atoms with Gasteiger partial charge in [0, 0.05) is 27.7 Å². The van der Waals surface area contributed by atoms with Crippen molar-refractivity contribution in [2.24, 2.45) is 0 Å². The second-order valence-electron chi connectivity index (χ2n) is 5.05. The average Bonchev–Trinajstić information content (AvgIpc) is 2.42. The van der Waals surface area contributed by atoms with E-state index < -0.39 is 61.3 Å². The van der Waals surface area contributed by atoms with E-state index in [0.717, 1.165) is 27.7 Å². The fraction of sp³-hybridized carbons (Fsp3) is 0.714. The first kappa shape index (κ1) is 19.8. The summed E-state index contributed by atoms with van der Waals surface area (Å²) in [7, 11) is 0. The molecule has 0 aliphatic carbocycles. The fourth-order valence-corrected chi connectivity index (χ4v) is 2.18. The molecular weight excluding hydrogens is 331 g/mol. The molecule has 1 rings (SSSR count). The Morgan fingerprint density at radius 3 is 1.71 bits per heavy atom. The van der Waals surface area contributed by atoms with Crippen LogP contribution in [0.5, 0.6) is 0 Å². The van der Waals surface area contributed by atoms with Gasteiger partial charge in [-0.05, 0) is 0 Å². The van der Waals surface area contributed by atoms with Crippen molar-refractivity contribution in [2.75, 3.05) is 6.61 Å². The lowest BCUT2D eigenvalue weighted by Gasteiger charge is -2.41. The number of halogens is 1. The highest BCUT2D eigenvalue weighted by Gasteiger charge is 2.52. The van der Waals surface area contributed by atoms with Crippen molar-refractivity contribution in [3.8, 4) is 0 Å². The maximum atomic E-state index is 14.2. The van der Waals surface area contributed by atoms with Crippen LogP contribution < -0.4 is 0 Å². The summed E-state index contributed by atoms with van der Waals surface area (Å²) in [4.78, 5) is 44.7. The molecule has 0 spiro atoms. The largest absolute Gasteiger partial charge is 0.463 e. The minimum absolute atomic E-state index is 0.446. The van der Waals surface area contributed by atoms with Gasteiger partial charge in [-0.3, -0.25) is 19.2 Å². The van der Waals surface area contributed by atoms with E-state index in [1.54, 1.807) is 0 Å². The smallest absolute Gasteiger partial charge is 0.303 e. The summed E-state index contributed by atoms with van der Waals surface area (Å²) in [6, 6.07) is 0. The van der Waals surface area contributed by atoms with Gasteiger partial charge in [0.15, 0.2) is 18.3 Å². The molecule has 0 N–H and O–H groups in total. The number of alkyl halides is 1. The molecule has 3 unspecified atom stereocenters. The van der Waals surface area contributed by atoms with E-state index in [1.807, 2.05) is 0 Å². The first-order chi connectivity index (χ1) is 11.1. The number of rotatable bonds is 5. The molecule has 0 amide bonds. The highest BCUT2D eigenvalue weighted by atomic mass is 19.1. The predicted octanol–water partition coefficient (Wildman–Crippen LogP) is 0.0390. The van der Waals surface area contributed by atoms with Gasteiger partial charge in [-0.15, -0.1) is 0 Å². The fourth-order valence-electron chi connectivity index (χ4n) is 2.18. The molecule has 0 aromatic heterocycles. The molecule has 24 heavy (non-hydrogen) atoms. The first-order valence-electron chi connectivity index (χ1n) is 7.06. The Labute approximate surface area is 137 Å². The second-order valence-corrected chi connectivity index (χ2v) is 5.05. The quantitative estimate of drug-likeness (QED) is 0.500. The van der Waals surface area contributed by atoms with E-state index in [4.69, 9.17) is 23.7 Å². The third-order valence-corrected chi connectivity index (χ3v) is 2.93. The summed E-state index contributed by atoms with van der Waals surface area (Å²) in [5, 5.41) is 0. The Bertz CT molecular complexity index is 506. The number of carbonyl (C=O) groups excluding carboxylic acids is 4. The van der Waals surface area contributed by atoms with Crippen molar-refractivity contribution >= 4 is 23.9 Å². The molecule has 10 heteroatoms. The maximum Gasteiger partial charge on any atom is 0.303 e. The van der Waals surface area contributed by atoms with Crippen molar-refractivity contribution in [1.82, 2.24) is 0 Å². The molecule has 9 nitrogen and oxygen atoms in total. The zero-order valence-electron chi connectivity index (χ0n) is 13.6. The molecule has 0 aromatic rings. The van der Waals surface area contributed by atoms with Gasteiger partial charge in [0.05, 0.1) is 0 Å². The lowest BCUT2D eigenvalue weighted by atomic mass is 9.98. The standard InChI is InChI=1S/C14H19FO9/c1-6(16)20-5-10-11(21-7(2)17)12(22-8(3)18)13(14(15)24-10)23-9(4)19/h10-14H,5H2,1-4H3/t10?,11-,12?,13?,14+/m1/s1. The lowest BCUT2D eigenvalue weighted by Crippen LogP contribution is -2.61. The molecular formula is C14H19FO9. The summed E-state index contributed by atoms with van der Waals surface area (Å²) >= 11 is 0. The van der Waals surface area contributed by atoms with E-state index in [1.165, 1.54) is 0 Å². The van der Waals surface area contributed by atoms with Crippen LogP contribution in [-0.4, -0.2) is 61.3 Å². The summed E-state index contributed by atoms with van der Waals surface area (Å²) in [5.74, 6) is -3.09. The van der Waals surface area contributed by atoms with Crippen LogP contribution in [0.25, 0.3) is 0 Å². The molecule has 1 heterocycles. The number of hydrogen-bond donors (Lipinski definition) is 0. The minimum Gasteiger partial charge on any atom is -0.463 e. The average molecular weight is 350 g/mol. The van der Waals surface area contributed by atoms with Gasteiger partial charge in [0.1, 0.15) is 12.7 Å². The highest BCUT2D eigenvalue weighted by Crippen LogP contribution is 2.29. The van der Waals surface area contributed by atoms with Gasteiger partial charge in [-0.1, -0.05) is 0 Å². The zero-order chi connectivity index (χ0) is 18.4. The summed E-state index contributed by atoms with van der Waals surface area (Å²) in [6.45, 7) is 3.85. The van der Waals surface area contributed by atoms with Crippen LogP contribution in [0.15, 0.2) is 0 Å². The summed E-state index contributed by atoms with van der Waals surface area (Å²) in [6.07, 6.45) is -7.85. The number of carbonyl (C=O) groups is 4. The van der Waals surface area contributed by atoms with Crippen LogP contribution in [-0.2, 0) is 42.9 Å². The van der Waals surface area contributed by atoms with Gasteiger partial charge in [-0.2, -0.15) is 0 Å². The van der Waals surface area contributed by atoms with Gasteiger partial charge >= 0.3 is 23.9 Å². The Kier molecular flexibility index (Phi) is 7.08. The van der Waals surface area contributed by atoms with E-state index in [2.05, 4.69) is 0 Å². The number of hydrogen-bond acceptors (Lipinski definition) is 9. The SMILES string of the molecule is CC(=O)OCC1O[C@H](F)C(OC(C)=O)C(OC(C)=O)[C@@H]1OC(C)=O. The van der Waals surface area contributed by atoms with Crippen LogP contribution in [0.1, 0.15) is 27.7 Å². The predicted molar refractivity (Wildman–Crippen MR) is 73.1 cm³/mol.